The Hall–Kier alpha value is -1.44. The Morgan fingerprint density at radius 3 is 2.84 bits per heavy atom. The maximum Gasteiger partial charge on any atom is 0.0455 e. The summed E-state index contributed by atoms with van der Waals surface area (Å²) < 4.78 is 0. The molecule has 0 spiro atoms. The van der Waals surface area contributed by atoms with Crippen molar-refractivity contribution in [3.63, 3.8) is 0 Å². The molecule has 0 radical (unpaired) electrons. The zero-order chi connectivity index (χ0) is 13.2. The Balaban J connectivity index is 1.78. The molecule has 1 saturated carbocycles. The normalized spacial score (nSPS) is 23.9. The number of rotatable bonds is 3. The van der Waals surface area contributed by atoms with Gasteiger partial charge in [0.1, 0.15) is 0 Å². The Kier molecular flexibility index (Phi) is 3.50. The molecular weight excluding hydrogens is 232 g/mol. The monoisotopic (exact) mass is 256 g/mol. The summed E-state index contributed by atoms with van der Waals surface area (Å²) in [5.41, 5.74) is 2.49. The van der Waals surface area contributed by atoms with E-state index in [0.29, 0.717) is 6.04 Å². The van der Waals surface area contributed by atoms with E-state index in [4.69, 9.17) is 0 Å². The van der Waals surface area contributed by atoms with Crippen LogP contribution in [-0.2, 0) is 0 Å². The van der Waals surface area contributed by atoms with Gasteiger partial charge in [0.05, 0.1) is 0 Å². The first-order valence-corrected chi connectivity index (χ1v) is 7.58. The van der Waals surface area contributed by atoms with Gasteiger partial charge in [-0.15, -0.1) is 0 Å². The lowest BCUT2D eigenvalue weighted by Gasteiger charge is -2.35. The molecule has 1 fully saturated rings. The van der Waals surface area contributed by atoms with Crippen molar-refractivity contribution in [3.8, 4) is 0 Å². The van der Waals surface area contributed by atoms with Crippen LogP contribution < -0.4 is 5.32 Å². The van der Waals surface area contributed by atoms with Crippen molar-refractivity contribution < 1.29 is 0 Å². The number of hydrogen-bond acceptors (Lipinski definition) is 1. The highest BCUT2D eigenvalue weighted by Gasteiger charge is 2.27. The van der Waals surface area contributed by atoms with Crippen LogP contribution in [-0.4, -0.2) is 11.0 Å². The molecule has 19 heavy (non-hydrogen) atoms. The predicted octanol–water partition coefficient (Wildman–Crippen LogP) is 4.79. The molecular formula is C17H24N2. The third kappa shape index (κ3) is 2.63. The second kappa shape index (κ2) is 5.28. The summed E-state index contributed by atoms with van der Waals surface area (Å²) in [5, 5.41) is 5.07. The first-order chi connectivity index (χ1) is 9.24. The van der Waals surface area contributed by atoms with Crippen molar-refractivity contribution in [2.75, 3.05) is 5.32 Å². The summed E-state index contributed by atoms with van der Waals surface area (Å²) in [5.74, 6) is 1.59. The molecule has 1 heterocycles. The van der Waals surface area contributed by atoms with Gasteiger partial charge in [-0.25, -0.2) is 0 Å². The molecule has 0 amide bonds. The van der Waals surface area contributed by atoms with Crippen molar-refractivity contribution in [2.45, 2.75) is 45.6 Å². The highest BCUT2D eigenvalue weighted by atomic mass is 14.9. The Bertz CT molecular complexity index is 541. The minimum absolute atomic E-state index is 0.644. The van der Waals surface area contributed by atoms with Gasteiger partial charge in [-0.1, -0.05) is 26.7 Å². The van der Waals surface area contributed by atoms with Gasteiger partial charge in [-0.3, -0.25) is 0 Å². The molecule has 2 atom stereocenters. The highest BCUT2D eigenvalue weighted by molar-refractivity contribution is 5.83. The number of anilines is 1. The van der Waals surface area contributed by atoms with E-state index in [9.17, 15) is 0 Å². The van der Waals surface area contributed by atoms with Gasteiger partial charge >= 0.3 is 0 Å². The van der Waals surface area contributed by atoms with Gasteiger partial charge in [0, 0.05) is 28.8 Å². The third-order valence-electron chi connectivity index (χ3n) is 4.58. The van der Waals surface area contributed by atoms with Crippen LogP contribution in [0.2, 0.25) is 0 Å². The van der Waals surface area contributed by atoms with E-state index in [1.54, 1.807) is 0 Å². The number of aromatic amines is 1. The fraction of sp³-hybridized carbons (Fsp3) is 0.529. The standard InChI is InChI=1S/C17H24N2/c1-12(2)15-5-3-4-6-17(15)19-14-7-8-16-13(11-14)9-10-18-16/h7-12,15,17-19H,3-6H2,1-2H3. The van der Waals surface area contributed by atoms with E-state index in [1.807, 2.05) is 6.20 Å². The SMILES string of the molecule is CC(C)C1CCCCC1Nc1ccc2[nH]ccc2c1. The number of nitrogens with one attached hydrogen (secondary N) is 2. The highest BCUT2D eigenvalue weighted by Crippen LogP contribution is 2.32. The van der Waals surface area contributed by atoms with E-state index < -0.39 is 0 Å². The fourth-order valence-electron chi connectivity index (χ4n) is 3.49. The molecule has 1 aliphatic rings. The van der Waals surface area contributed by atoms with E-state index in [0.717, 1.165) is 11.8 Å². The van der Waals surface area contributed by atoms with Crippen LogP contribution in [0.3, 0.4) is 0 Å². The summed E-state index contributed by atoms with van der Waals surface area (Å²) in [7, 11) is 0. The van der Waals surface area contributed by atoms with Crippen molar-refractivity contribution in [1.29, 1.82) is 0 Å². The predicted molar refractivity (Wildman–Crippen MR) is 82.5 cm³/mol. The van der Waals surface area contributed by atoms with Crippen LogP contribution >= 0.6 is 0 Å². The average Bonchev–Trinajstić information content (AvgIpc) is 2.86. The molecule has 3 rings (SSSR count). The minimum Gasteiger partial charge on any atom is -0.382 e. The zero-order valence-electron chi connectivity index (χ0n) is 11.9. The summed E-state index contributed by atoms with van der Waals surface area (Å²) in [6.45, 7) is 4.72. The van der Waals surface area contributed by atoms with Gasteiger partial charge in [0.15, 0.2) is 0 Å². The molecule has 2 nitrogen and oxygen atoms in total. The van der Waals surface area contributed by atoms with Crippen LogP contribution in [0.4, 0.5) is 5.69 Å². The van der Waals surface area contributed by atoms with Gasteiger partial charge in [0.25, 0.3) is 0 Å². The molecule has 2 heteroatoms. The van der Waals surface area contributed by atoms with E-state index >= 15 is 0 Å². The van der Waals surface area contributed by atoms with Gasteiger partial charge in [-0.05, 0) is 48.9 Å². The molecule has 0 saturated heterocycles. The quantitative estimate of drug-likeness (QED) is 0.811. The van der Waals surface area contributed by atoms with E-state index in [1.165, 1.54) is 42.3 Å². The van der Waals surface area contributed by atoms with E-state index in [2.05, 4.69) is 48.4 Å². The Morgan fingerprint density at radius 1 is 1.16 bits per heavy atom. The van der Waals surface area contributed by atoms with Crippen LogP contribution in [0, 0.1) is 11.8 Å². The number of hydrogen-bond donors (Lipinski definition) is 2. The molecule has 102 valence electrons. The first-order valence-electron chi connectivity index (χ1n) is 7.58. The summed E-state index contributed by atoms with van der Waals surface area (Å²) in [6, 6.07) is 9.42. The van der Waals surface area contributed by atoms with E-state index in [-0.39, 0.29) is 0 Å². The number of benzene rings is 1. The van der Waals surface area contributed by atoms with Crippen LogP contribution in [0.15, 0.2) is 30.5 Å². The van der Waals surface area contributed by atoms with Gasteiger partial charge < -0.3 is 10.3 Å². The first kappa shape index (κ1) is 12.6. The molecule has 1 aromatic carbocycles. The number of aromatic nitrogens is 1. The van der Waals surface area contributed by atoms with Crippen LogP contribution in [0.5, 0.6) is 0 Å². The lowest BCUT2D eigenvalue weighted by molar-refractivity contribution is 0.254. The van der Waals surface area contributed by atoms with Crippen molar-refractivity contribution in [2.24, 2.45) is 11.8 Å². The molecule has 0 bridgehead atoms. The second-order valence-corrected chi connectivity index (χ2v) is 6.22. The summed E-state index contributed by atoms with van der Waals surface area (Å²) in [4.78, 5) is 3.25. The molecule has 2 N–H and O–H groups in total. The fourth-order valence-corrected chi connectivity index (χ4v) is 3.49. The zero-order valence-corrected chi connectivity index (χ0v) is 11.9. The summed E-state index contributed by atoms with van der Waals surface area (Å²) >= 11 is 0. The van der Waals surface area contributed by atoms with Crippen molar-refractivity contribution in [1.82, 2.24) is 4.98 Å². The Morgan fingerprint density at radius 2 is 2.00 bits per heavy atom. The largest absolute Gasteiger partial charge is 0.382 e. The topological polar surface area (TPSA) is 27.8 Å². The maximum absolute atomic E-state index is 3.78. The number of fused-ring (bicyclic) bond motifs is 1. The van der Waals surface area contributed by atoms with Crippen molar-refractivity contribution >= 4 is 16.6 Å². The van der Waals surface area contributed by atoms with Gasteiger partial charge in [-0.2, -0.15) is 0 Å². The van der Waals surface area contributed by atoms with Gasteiger partial charge in [0.2, 0.25) is 0 Å². The third-order valence-corrected chi connectivity index (χ3v) is 4.58. The average molecular weight is 256 g/mol. The van der Waals surface area contributed by atoms with Crippen LogP contribution in [0.1, 0.15) is 39.5 Å². The lowest BCUT2D eigenvalue weighted by Crippen LogP contribution is -2.35. The molecule has 1 aromatic heterocycles. The number of H-pyrrole nitrogens is 1. The smallest absolute Gasteiger partial charge is 0.0455 e. The molecule has 0 aliphatic heterocycles. The summed E-state index contributed by atoms with van der Waals surface area (Å²) in [6.07, 6.45) is 7.47. The maximum atomic E-state index is 3.78. The lowest BCUT2D eigenvalue weighted by atomic mass is 9.78. The molecule has 2 aromatic rings. The Labute approximate surface area is 115 Å². The van der Waals surface area contributed by atoms with Crippen LogP contribution in [0.25, 0.3) is 10.9 Å². The minimum atomic E-state index is 0.644. The second-order valence-electron chi connectivity index (χ2n) is 6.22. The molecule has 2 unspecified atom stereocenters. The molecule has 1 aliphatic carbocycles. The van der Waals surface area contributed by atoms with Crippen molar-refractivity contribution in [3.05, 3.63) is 30.5 Å².